The molecule has 4 atom stereocenters. The number of ether oxygens (including phenoxy) is 2. The summed E-state index contributed by atoms with van der Waals surface area (Å²) in [5, 5.41) is 3.52. The molecule has 184 valence electrons. The van der Waals surface area contributed by atoms with E-state index in [1.165, 1.54) is 12.8 Å². The zero-order valence-electron chi connectivity index (χ0n) is 20.4. The van der Waals surface area contributed by atoms with Crippen LogP contribution in [0.4, 0.5) is 4.39 Å². The van der Waals surface area contributed by atoms with Crippen LogP contribution in [0.2, 0.25) is 0 Å². The highest BCUT2D eigenvalue weighted by atomic mass is 19.1. The van der Waals surface area contributed by atoms with Crippen LogP contribution in [-0.4, -0.2) is 62.3 Å². The van der Waals surface area contributed by atoms with Crippen LogP contribution in [0.3, 0.4) is 0 Å². The number of carbonyl (C=O) groups excluding carboxylic acids is 1. The number of rotatable bonds is 7. The van der Waals surface area contributed by atoms with E-state index < -0.39 is 17.0 Å². The van der Waals surface area contributed by atoms with Crippen molar-refractivity contribution in [1.82, 2.24) is 10.2 Å². The number of carbonyl (C=O) groups is 1. The molecule has 5 rings (SSSR count). The smallest absolute Gasteiger partial charge is 0.190 e. The van der Waals surface area contributed by atoms with E-state index in [1.54, 1.807) is 14.2 Å². The first-order chi connectivity index (χ1) is 16.5. The van der Waals surface area contributed by atoms with Gasteiger partial charge in [-0.1, -0.05) is 31.1 Å². The zero-order valence-corrected chi connectivity index (χ0v) is 20.4. The summed E-state index contributed by atoms with van der Waals surface area (Å²) in [7, 11) is 3.26. The fourth-order valence-corrected chi connectivity index (χ4v) is 6.72. The molecule has 2 aliphatic carbocycles. The van der Waals surface area contributed by atoms with Gasteiger partial charge in [-0.05, 0) is 68.5 Å². The lowest BCUT2D eigenvalue weighted by molar-refractivity contribution is -0.140. The van der Waals surface area contributed by atoms with Crippen molar-refractivity contribution in [2.45, 2.75) is 68.6 Å². The Labute approximate surface area is 202 Å². The number of allylic oxidation sites excluding steroid dienone is 2. The van der Waals surface area contributed by atoms with Crippen molar-refractivity contribution in [2.75, 3.05) is 33.9 Å². The van der Waals surface area contributed by atoms with E-state index >= 15 is 4.39 Å². The highest BCUT2D eigenvalue weighted by Crippen LogP contribution is 2.50. The second kappa shape index (κ2) is 9.46. The lowest BCUT2D eigenvalue weighted by Gasteiger charge is -2.41. The predicted molar refractivity (Wildman–Crippen MR) is 131 cm³/mol. The normalized spacial score (nSPS) is 34.4. The highest BCUT2D eigenvalue weighted by Gasteiger charge is 2.61. The highest BCUT2D eigenvalue weighted by molar-refractivity contribution is 5.97. The summed E-state index contributed by atoms with van der Waals surface area (Å²) < 4.78 is 28.2. The largest absolute Gasteiger partial charge is 0.497 e. The first-order valence-electron chi connectivity index (χ1n) is 12.8. The molecule has 0 radical (unpaired) electrons. The number of Topliss-reactive ketones (excluding diaryl/α,β-unsaturated/α-hetero) is 1. The Bertz CT molecular complexity index is 949. The third-order valence-corrected chi connectivity index (χ3v) is 8.67. The van der Waals surface area contributed by atoms with Crippen LogP contribution in [0.25, 0.3) is 0 Å². The minimum absolute atomic E-state index is 0.0596. The van der Waals surface area contributed by atoms with Crippen LogP contribution >= 0.6 is 0 Å². The molecule has 6 heteroatoms. The molecule has 1 aromatic carbocycles. The summed E-state index contributed by atoms with van der Waals surface area (Å²) in [4.78, 5) is 16.8. The summed E-state index contributed by atoms with van der Waals surface area (Å²) >= 11 is 0. The van der Waals surface area contributed by atoms with Crippen molar-refractivity contribution in [3.8, 4) is 5.75 Å². The number of halogens is 1. The standard InChI is InChI=1S/C28H37FN2O3/c1-33-22-11-9-20(10-12-22)24-18-31(21-6-3-4-7-21)19-28(24,29)26(32)27(25-8-5-17-30-25)15-13-23(34-2)14-16-27/h9-15,21,24-25,30H,3-8,16-19H2,1-2H3/t24-,25?,27?,28-/m0/s1. The van der Waals surface area contributed by atoms with Gasteiger partial charge in [0.1, 0.15) is 11.5 Å². The van der Waals surface area contributed by atoms with Crippen LogP contribution in [0.5, 0.6) is 5.75 Å². The van der Waals surface area contributed by atoms with E-state index in [9.17, 15) is 4.79 Å². The molecular formula is C28H37FN2O3. The third-order valence-electron chi connectivity index (χ3n) is 8.67. The lowest BCUT2D eigenvalue weighted by atomic mass is 9.64. The molecule has 0 amide bonds. The Kier molecular flexibility index (Phi) is 6.56. The molecule has 2 heterocycles. The fraction of sp³-hybridized carbons (Fsp3) is 0.607. The second-order valence-electron chi connectivity index (χ2n) is 10.4. The monoisotopic (exact) mass is 468 g/mol. The third kappa shape index (κ3) is 3.99. The lowest BCUT2D eigenvalue weighted by Crippen LogP contribution is -2.56. The average molecular weight is 469 g/mol. The molecule has 3 fully saturated rings. The summed E-state index contributed by atoms with van der Waals surface area (Å²) in [6.07, 6.45) is 12.6. The molecule has 1 N–H and O–H groups in total. The van der Waals surface area contributed by atoms with Gasteiger partial charge < -0.3 is 14.8 Å². The Balaban J connectivity index is 1.53. The van der Waals surface area contributed by atoms with Gasteiger partial charge in [-0.15, -0.1) is 0 Å². The van der Waals surface area contributed by atoms with Gasteiger partial charge in [0.05, 0.1) is 19.6 Å². The SMILES string of the molecule is COC1=CCC(C(=O)[C@]2(F)CN(C3CCCC3)C[C@H]2c2ccc(OC)cc2)(C2CCCN2)C=C1. The average Bonchev–Trinajstić information content (AvgIpc) is 3.65. The van der Waals surface area contributed by atoms with Crippen molar-refractivity contribution in [3.05, 3.63) is 53.8 Å². The molecule has 2 saturated heterocycles. The maximum atomic E-state index is 17.5. The van der Waals surface area contributed by atoms with Crippen LogP contribution in [0, 0.1) is 5.41 Å². The van der Waals surface area contributed by atoms with Crippen LogP contribution in [0.15, 0.2) is 48.3 Å². The zero-order chi connectivity index (χ0) is 23.8. The van der Waals surface area contributed by atoms with E-state index in [0.29, 0.717) is 19.0 Å². The molecule has 1 saturated carbocycles. The van der Waals surface area contributed by atoms with E-state index in [4.69, 9.17) is 9.47 Å². The molecule has 34 heavy (non-hydrogen) atoms. The van der Waals surface area contributed by atoms with Crippen molar-refractivity contribution in [1.29, 1.82) is 0 Å². The molecule has 1 aromatic rings. The number of benzene rings is 1. The van der Waals surface area contributed by atoms with Crippen LogP contribution in [-0.2, 0) is 9.53 Å². The summed E-state index contributed by atoms with van der Waals surface area (Å²) in [5.41, 5.74) is -1.98. The number of likely N-dealkylation sites (tertiary alicyclic amines) is 1. The number of hydrogen-bond acceptors (Lipinski definition) is 5. The molecule has 5 nitrogen and oxygen atoms in total. The van der Waals surface area contributed by atoms with Gasteiger partial charge in [0.2, 0.25) is 0 Å². The quantitative estimate of drug-likeness (QED) is 0.637. The first-order valence-corrected chi connectivity index (χ1v) is 12.8. The molecule has 2 aliphatic heterocycles. The number of alkyl halides is 1. The molecule has 0 aromatic heterocycles. The Morgan fingerprint density at radius 3 is 2.44 bits per heavy atom. The second-order valence-corrected chi connectivity index (χ2v) is 10.4. The van der Waals surface area contributed by atoms with Crippen LogP contribution < -0.4 is 10.1 Å². The van der Waals surface area contributed by atoms with Gasteiger partial charge in [-0.3, -0.25) is 9.69 Å². The van der Waals surface area contributed by atoms with Gasteiger partial charge in [0.15, 0.2) is 11.5 Å². The Hall–Kier alpha value is -2.18. The van der Waals surface area contributed by atoms with Gasteiger partial charge in [-0.2, -0.15) is 0 Å². The Morgan fingerprint density at radius 2 is 1.85 bits per heavy atom. The Morgan fingerprint density at radius 1 is 1.09 bits per heavy atom. The first kappa shape index (κ1) is 23.6. The number of nitrogens with one attached hydrogen (secondary N) is 1. The number of ketones is 1. The molecule has 0 spiro atoms. The van der Waals surface area contributed by atoms with Gasteiger partial charge in [0, 0.05) is 31.1 Å². The van der Waals surface area contributed by atoms with E-state index in [1.807, 2.05) is 42.5 Å². The predicted octanol–water partition coefficient (Wildman–Crippen LogP) is 4.54. The molecule has 4 aliphatic rings. The summed E-state index contributed by atoms with van der Waals surface area (Å²) in [6.45, 7) is 1.62. The van der Waals surface area contributed by atoms with E-state index in [-0.39, 0.29) is 18.4 Å². The minimum Gasteiger partial charge on any atom is -0.497 e. The summed E-state index contributed by atoms with van der Waals surface area (Å²) in [5.74, 6) is 0.707. The topological polar surface area (TPSA) is 50.8 Å². The summed E-state index contributed by atoms with van der Waals surface area (Å²) in [6, 6.07) is 7.93. The fourth-order valence-electron chi connectivity index (χ4n) is 6.72. The van der Waals surface area contributed by atoms with Gasteiger partial charge in [-0.25, -0.2) is 4.39 Å². The number of methoxy groups -OCH3 is 2. The van der Waals surface area contributed by atoms with Gasteiger partial charge in [0.25, 0.3) is 0 Å². The van der Waals surface area contributed by atoms with E-state index in [0.717, 1.165) is 49.3 Å². The minimum atomic E-state index is -1.95. The van der Waals surface area contributed by atoms with Gasteiger partial charge >= 0.3 is 0 Å². The number of hydrogen-bond donors (Lipinski definition) is 1. The van der Waals surface area contributed by atoms with Crippen molar-refractivity contribution >= 4 is 5.78 Å². The maximum Gasteiger partial charge on any atom is 0.190 e. The molecule has 0 bridgehead atoms. The molecule has 2 unspecified atom stereocenters. The number of nitrogens with zero attached hydrogens (tertiary/aromatic N) is 1. The van der Waals surface area contributed by atoms with Crippen molar-refractivity contribution < 1.29 is 18.7 Å². The van der Waals surface area contributed by atoms with Crippen LogP contribution in [0.1, 0.15) is 56.4 Å². The van der Waals surface area contributed by atoms with E-state index in [2.05, 4.69) is 10.2 Å². The van der Waals surface area contributed by atoms with Crippen molar-refractivity contribution in [2.24, 2.45) is 5.41 Å². The maximum absolute atomic E-state index is 17.5. The van der Waals surface area contributed by atoms with Crippen molar-refractivity contribution in [3.63, 3.8) is 0 Å². The molecular weight excluding hydrogens is 431 g/mol.